The Balaban J connectivity index is 2.55. The first-order valence-corrected chi connectivity index (χ1v) is 3.91. The average Bonchev–Trinajstić information content (AvgIpc) is 2.52. The topological polar surface area (TPSA) is 47.2 Å². The van der Waals surface area contributed by atoms with Crippen LogP contribution in [0.2, 0.25) is 0 Å². The predicted octanol–water partition coefficient (Wildman–Crippen LogP) is 0.781. The van der Waals surface area contributed by atoms with E-state index >= 15 is 0 Å². The predicted molar refractivity (Wildman–Crippen MR) is 44.6 cm³/mol. The van der Waals surface area contributed by atoms with Gasteiger partial charge in [0.15, 0.2) is 0 Å². The van der Waals surface area contributed by atoms with Crippen molar-refractivity contribution in [3.05, 3.63) is 18.2 Å². The average molecular weight is 165 g/mol. The molecular formula is C8H11N3O. The van der Waals surface area contributed by atoms with E-state index in [0.717, 1.165) is 18.7 Å². The summed E-state index contributed by atoms with van der Waals surface area (Å²) in [5.41, 5.74) is 1.11. The SMILES string of the molecule is CCn1cncc1CCN=C=O. The van der Waals surface area contributed by atoms with Gasteiger partial charge >= 0.3 is 0 Å². The first-order valence-electron chi connectivity index (χ1n) is 3.91. The summed E-state index contributed by atoms with van der Waals surface area (Å²) in [5, 5.41) is 0. The zero-order chi connectivity index (χ0) is 8.81. The van der Waals surface area contributed by atoms with E-state index in [4.69, 9.17) is 0 Å². The van der Waals surface area contributed by atoms with Crippen molar-refractivity contribution in [2.45, 2.75) is 19.9 Å². The Morgan fingerprint density at radius 1 is 1.75 bits per heavy atom. The van der Waals surface area contributed by atoms with Gasteiger partial charge in [0.05, 0.1) is 12.9 Å². The molecule has 0 N–H and O–H groups in total. The summed E-state index contributed by atoms with van der Waals surface area (Å²) in [4.78, 5) is 17.2. The van der Waals surface area contributed by atoms with Crippen LogP contribution in [0.1, 0.15) is 12.6 Å². The number of aliphatic imine (C=N–C) groups is 1. The van der Waals surface area contributed by atoms with Gasteiger partial charge in [-0.3, -0.25) is 0 Å². The molecule has 0 bridgehead atoms. The standard InChI is InChI=1S/C8H11N3O/c1-2-11-6-10-5-8(11)3-4-9-7-12/h5-6H,2-4H2,1H3. The van der Waals surface area contributed by atoms with Gasteiger partial charge in [-0.05, 0) is 6.92 Å². The lowest BCUT2D eigenvalue weighted by molar-refractivity contribution is 0.562. The summed E-state index contributed by atoms with van der Waals surface area (Å²) in [6.45, 7) is 3.45. The van der Waals surface area contributed by atoms with Crippen LogP contribution in [0.4, 0.5) is 0 Å². The summed E-state index contributed by atoms with van der Waals surface area (Å²) in [6, 6.07) is 0. The lowest BCUT2D eigenvalue weighted by Crippen LogP contribution is -2.00. The summed E-state index contributed by atoms with van der Waals surface area (Å²) < 4.78 is 2.03. The summed E-state index contributed by atoms with van der Waals surface area (Å²) in [5.74, 6) is 0. The van der Waals surface area contributed by atoms with Gasteiger partial charge in [-0.2, -0.15) is 0 Å². The van der Waals surface area contributed by atoms with Gasteiger partial charge in [0, 0.05) is 24.9 Å². The molecule has 4 nitrogen and oxygen atoms in total. The minimum absolute atomic E-state index is 0.495. The van der Waals surface area contributed by atoms with Crippen molar-refractivity contribution in [2.24, 2.45) is 4.99 Å². The summed E-state index contributed by atoms with van der Waals surface area (Å²) in [7, 11) is 0. The maximum atomic E-state index is 9.77. The molecule has 0 aliphatic heterocycles. The molecule has 0 saturated heterocycles. The number of imidazole rings is 1. The molecule has 4 heteroatoms. The maximum absolute atomic E-state index is 9.77. The molecule has 0 aliphatic rings. The molecule has 1 aromatic rings. The van der Waals surface area contributed by atoms with Crippen LogP contribution in [0, 0.1) is 0 Å². The van der Waals surface area contributed by atoms with Crippen LogP contribution >= 0.6 is 0 Å². The molecule has 0 aromatic carbocycles. The fourth-order valence-electron chi connectivity index (χ4n) is 1.06. The molecule has 0 fully saturated rings. The highest BCUT2D eigenvalue weighted by Crippen LogP contribution is 1.99. The highest BCUT2D eigenvalue weighted by atomic mass is 16.1. The zero-order valence-corrected chi connectivity index (χ0v) is 7.03. The van der Waals surface area contributed by atoms with Crippen molar-refractivity contribution >= 4 is 6.08 Å². The van der Waals surface area contributed by atoms with E-state index < -0.39 is 0 Å². The van der Waals surface area contributed by atoms with Crippen molar-refractivity contribution in [2.75, 3.05) is 6.54 Å². The molecule has 0 saturated carbocycles. The van der Waals surface area contributed by atoms with E-state index in [1.54, 1.807) is 12.5 Å². The van der Waals surface area contributed by atoms with E-state index in [-0.39, 0.29) is 0 Å². The second kappa shape index (κ2) is 4.46. The number of nitrogens with zero attached hydrogens (tertiary/aromatic N) is 3. The van der Waals surface area contributed by atoms with E-state index in [2.05, 4.69) is 9.98 Å². The van der Waals surface area contributed by atoms with Gasteiger partial charge in [-0.1, -0.05) is 0 Å². The molecule has 0 radical (unpaired) electrons. The third-order valence-electron chi connectivity index (χ3n) is 1.68. The molecule has 1 rings (SSSR count). The Bertz CT molecular complexity index is 286. The number of isocyanates is 1. The Hall–Kier alpha value is -1.41. The fourth-order valence-corrected chi connectivity index (χ4v) is 1.06. The third kappa shape index (κ3) is 2.04. The van der Waals surface area contributed by atoms with Crippen LogP contribution in [0.15, 0.2) is 17.5 Å². The Morgan fingerprint density at radius 2 is 2.58 bits per heavy atom. The molecule has 0 atom stereocenters. The lowest BCUT2D eigenvalue weighted by Gasteiger charge is -2.01. The molecule has 64 valence electrons. The van der Waals surface area contributed by atoms with Gasteiger partial charge in [0.25, 0.3) is 0 Å². The summed E-state index contributed by atoms with van der Waals surface area (Å²) >= 11 is 0. The number of hydrogen-bond acceptors (Lipinski definition) is 3. The minimum atomic E-state index is 0.495. The first-order chi connectivity index (χ1) is 5.88. The van der Waals surface area contributed by atoms with Crippen LogP contribution in [0.25, 0.3) is 0 Å². The van der Waals surface area contributed by atoms with Gasteiger partial charge < -0.3 is 4.57 Å². The van der Waals surface area contributed by atoms with E-state index in [9.17, 15) is 4.79 Å². The lowest BCUT2D eigenvalue weighted by atomic mass is 10.3. The van der Waals surface area contributed by atoms with Gasteiger partial charge in [0.2, 0.25) is 6.08 Å². The largest absolute Gasteiger partial charge is 0.335 e. The fraction of sp³-hybridized carbons (Fsp3) is 0.500. The van der Waals surface area contributed by atoms with Crippen molar-refractivity contribution in [1.29, 1.82) is 0 Å². The number of hydrogen-bond donors (Lipinski definition) is 0. The molecular weight excluding hydrogens is 154 g/mol. The molecule has 0 spiro atoms. The zero-order valence-electron chi connectivity index (χ0n) is 7.03. The Kier molecular flexibility index (Phi) is 3.23. The van der Waals surface area contributed by atoms with Crippen LogP contribution in [-0.4, -0.2) is 22.2 Å². The quantitative estimate of drug-likeness (QED) is 0.489. The van der Waals surface area contributed by atoms with Crippen LogP contribution < -0.4 is 0 Å². The number of carbonyl (C=O) groups excluding carboxylic acids is 1. The van der Waals surface area contributed by atoms with Crippen molar-refractivity contribution in [1.82, 2.24) is 9.55 Å². The number of rotatable bonds is 4. The number of aromatic nitrogens is 2. The van der Waals surface area contributed by atoms with Gasteiger partial charge in [-0.15, -0.1) is 0 Å². The Morgan fingerprint density at radius 3 is 3.25 bits per heavy atom. The van der Waals surface area contributed by atoms with Gasteiger partial charge in [-0.25, -0.2) is 14.8 Å². The van der Waals surface area contributed by atoms with E-state index in [0.29, 0.717) is 6.54 Å². The molecule has 1 heterocycles. The van der Waals surface area contributed by atoms with E-state index in [1.807, 2.05) is 11.5 Å². The first kappa shape index (κ1) is 8.68. The third-order valence-corrected chi connectivity index (χ3v) is 1.68. The van der Waals surface area contributed by atoms with Crippen LogP contribution in [0.5, 0.6) is 0 Å². The van der Waals surface area contributed by atoms with Crippen LogP contribution in [-0.2, 0) is 17.8 Å². The van der Waals surface area contributed by atoms with Crippen molar-refractivity contribution < 1.29 is 4.79 Å². The summed E-state index contributed by atoms with van der Waals surface area (Å²) in [6.07, 6.45) is 5.84. The Labute approximate surface area is 71.0 Å². The van der Waals surface area contributed by atoms with Crippen molar-refractivity contribution in [3.8, 4) is 0 Å². The van der Waals surface area contributed by atoms with Crippen molar-refractivity contribution in [3.63, 3.8) is 0 Å². The molecule has 0 unspecified atom stereocenters. The number of aryl methyl sites for hydroxylation is 1. The maximum Gasteiger partial charge on any atom is 0.234 e. The van der Waals surface area contributed by atoms with E-state index in [1.165, 1.54) is 6.08 Å². The second-order valence-corrected chi connectivity index (χ2v) is 2.39. The molecule has 0 aliphatic carbocycles. The molecule has 12 heavy (non-hydrogen) atoms. The highest BCUT2D eigenvalue weighted by Gasteiger charge is 1.97. The minimum Gasteiger partial charge on any atom is -0.335 e. The second-order valence-electron chi connectivity index (χ2n) is 2.39. The normalized spacial score (nSPS) is 9.42. The highest BCUT2D eigenvalue weighted by molar-refractivity contribution is 5.32. The molecule has 1 aromatic heterocycles. The smallest absolute Gasteiger partial charge is 0.234 e. The van der Waals surface area contributed by atoms with Gasteiger partial charge in [0.1, 0.15) is 0 Å². The molecule has 0 amide bonds. The monoisotopic (exact) mass is 165 g/mol. The van der Waals surface area contributed by atoms with Crippen LogP contribution in [0.3, 0.4) is 0 Å².